The normalized spacial score (nSPS) is 21.6. The average molecular weight is 1290 g/mol. The number of benzene rings is 3. The topological polar surface area (TPSA) is 393 Å². The maximum atomic E-state index is 13.6. The van der Waals surface area contributed by atoms with Crippen molar-refractivity contribution >= 4 is 11.0 Å². The van der Waals surface area contributed by atoms with E-state index < -0.39 is 113 Å². The maximum Gasteiger partial charge on any atom is 0.239 e. The molecule has 2 saturated heterocycles. The molecule has 12 N–H and O–H groups in total. The Balaban J connectivity index is 0.000000347. The smallest absolute Gasteiger partial charge is 0.239 e. The highest BCUT2D eigenvalue weighted by atomic mass is 16.7. The van der Waals surface area contributed by atoms with Crippen LogP contribution in [0.15, 0.2) is 69.9 Å². The fourth-order valence-electron chi connectivity index (χ4n) is 8.88. The number of aliphatic hydroxyl groups excluding tert-OH is 7. The third-order valence-electron chi connectivity index (χ3n) is 13.9. The average Bonchev–Trinajstić information content (AvgIpc) is 0.996. The van der Waals surface area contributed by atoms with E-state index in [0.717, 1.165) is 37.3 Å². The van der Waals surface area contributed by atoms with Gasteiger partial charge in [0.25, 0.3) is 0 Å². The summed E-state index contributed by atoms with van der Waals surface area (Å²) in [6.45, 7) is 12.9. The molecule has 512 valence electrons. The van der Waals surface area contributed by atoms with Gasteiger partial charge in [-0.1, -0.05) is 82.9 Å². The number of phenolic OH excluding ortho intramolecular Hbond substituents is 5. The summed E-state index contributed by atoms with van der Waals surface area (Å²) < 4.78 is 76.7. The second-order valence-electron chi connectivity index (χ2n) is 21.0. The zero-order valence-corrected chi connectivity index (χ0v) is 51.8. The molecule has 0 bridgehead atoms. The van der Waals surface area contributed by atoms with Gasteiger partial charge >= 0.3 is 0 Å². The van der Waals surface area contributed by atoms with E-state index in [9.17, 15) is 55.9 Å². The Hall–Kier alpha value is -5.09. The molecule has 10 unspecified atom stereocenters. The van der Waals surface area contributed by atoms with E-state index in [1.807, 2.05) is 6.07 Å². The van der Waals surface area contributed by atoms with Crippen LogP contribution in [0.5, 0.6) is 34.5 Å². The molecule has 0 aliphatic carbocycles. The molecule has 2 aliphatic heterocycles. The minimum Gasteiger partial charge on any atom is -0.508 e. The first-order chi connectivity index (χ1) is 43.6. The van der Waals surface area contributed by atoms with Gasteiger partial charge < -0.3 is 127 Å². The quantitative estimate of drug-likeness (QED) is 0.0222. The van der Waals surface area contributed by atoms with Crippen LogP contribution < -0.4 is 10.2 Å². The lowest BCUT2D eigenvalue weighted by molar-refractivity contribution is -0.318. The molecule has 6 rings (SSSR count). The number of fused-ring (bicyclic) bond motifs is 1. The molecule has 4 aromatic rings. The van der Waals surface area contributed by atoms with Gasteiger partial charge in [0.2, 0.25) is 17.5 Å². The Morgan fingerprint density at radius 3 is 1.39 bits per heavy atom. The van der Waals surface area contributed by atoms with Gasteiger partial charge in [0.1, 0.15) is 70.9 Å². The zero-order valence-electron chi connectivity index (χ0n) is 51.8. The first kappa shape index (κ1) is 77.4. The van der Waals surface area contributed by atoms with Gasteiger partial charge in [0.15, 0.2) is 23.5 Å². The van der Waals surface area contributed by atoms with Crippen molar-refractivity contribution in [2.24, 2.45) is 0 Å². The number of unbranched alkanes of at least 4 members (excludes halogenated alkanes) is 9. The van der Waals surface area contributed by atoms with Crippen molar-refractivity contribution in [1.82, 2.24) is 0 Å². The Morgan fingerprint density at radius 1 is 0.444 bits per heavy atom. The summed E-state index contributed by atoms with van der Waals surface area (Å²) in [5, 5.41) is 119. The monoisotopic (exact) mass is 1290 g/mol. The second kappa shape index (κ2) is 46.1. The molecule has 27 nitrogen and oxygen atoms in total. The van der Waals surface area contributed by atoms with Gasteiger partial charge in [-0.3, -0.25) is 4.79 Å². The fraction of sp³-hybridized carbons (Fsp3) is 0.667. The van der Waals surface area contributed by atoms with Gasteiger partial charge in [-0.05, 0) is 43.7 Å². The van der Waals surface area contributed by atoms with E-state index in [-0.39, 0.29) is 17.8 Å². The van der Waals surface area contributed by atoms with Crippen molar-refractivity contribution in [2.75, 3.05) is 132 Å². The van der Waals surface area contributed by atoms with Crippen molar-refractivity contribution in [3.63, 3.8) is 0 Å². The minimum atomic E-state index is -1.97. The number of hydrogen-bond acceptors (Lipinski definition) is 27. The highest BCUT2D eigenvalue weighted by molar-refractivity contribution is 5.88. The summed E-state index contributed by atoms with van der Waals surface area (Å²) in [6, 6.07) is 13.9. The van der Waals surface area contributed by atoms with Crippen LogP contribution in [0.25, 0.3) is 22.3 Å². The van der Waals surface area contributed by atoms with Crippen molar-refractivity contribution in [2.45, 2.75) is 139 Å². The van der Waals surface area contributed by atoms with E-state index in [0.29, 0.717) is 118 Å². The number of aliphatic hydroxyl groups is 7. The summed E-state index contributed by atoms with van der Waals surface area (Å²) in [5.41, 5.74) is -1.35. The predicted molar refractivity (Wildman–Crippen MR) is 325 cm³/mol. The number of aromatic hydroxyl groups is 5. The molecule has 10 atom stereocenters. The molecule has 2 aliphatic rings. The lowest BCUT2D eigenvalue weighted by atomic mass is 9.98. The van der Waals surface area contributed by atoms with Crippen molar-refractivity contribution in [1.29, 1.82) is 0 Å². The van der Waals surface area contributed by atoms with Crippen LogP contribution in [0, 0.1) is 0 Å². The first-order valence-corrected chi connectivity index (χ1v) is 30.9. The molecule has 1 aromatic heterocycles. The second-order valence-corrected chi connectivity index (χ2v) is 21.0. The molecule has 2 fully saturated rings. The number of ether oxygens (including phenoxy) is 13. The third kappa shape index (κ3) is 29.2. The van der Waals surface area contributed by atoms with Crippen LogP contribution in [0.1, 0.15) is 78.1 Å². The highest BCUT2D eigenvalue weighted by Crippen LogP contribution is 2.39. The summed E-state index contributed by atoms with van der Waals surface area (Å²) in [5.74, 6) is -3.01. The van der Waals surface area contributed by atoms with E-state index in [1.54, 1.807) is 24.3 Å². The summed E-state index contributed by atoms with van der Waals surface area (Å²) in [7, 11) is 0. The molecule has 3 aromatic carbocycles. The number of hydrogen-bond donors (Lipinski definition) is 12. The minimum absolute atomic E-state index is 0.0313. The standard InChI is InChI=1S/C30H62O10.C27H30O16.C6H6O/c1-2-3-4-5-6-7-8-9-10-11-13-32-15-17-34-19-21-36-23-25-38-27-29-40-30-28-39-26-24-37-22-20-35-18-16-33-14-12-31;1-8-17(32)20(35)22(37)26(40-8)39-7-15-18(33)21(36)23(38)27(42-15)43-25-19(34)16-13(31)5-10(28)6-14(16)41-24(25)9-2-3-11(29)12(30)4-9;7-6-4-2-1-3-5-6/h31H,2-30H2,1H3;2-6,8,15,17-18,20-23,26-33,35-38H,7H2,1H3;1-5,7H. The van der Waals surface area contributed by atoms with Crippen LogP contribution in [0.3, 0.4) is 0 Å². The van der Waals surface area contributed by atoms with E-state index in [2.05, 4.69) is 6.92 Å². The van der Waals surface area contributed by atoms with Crippen LogP contribution in [0.4, 0.5) is 0 Å². The van der Waals surface area contributed by atoms with Gasteiger partial charge in [-0.2, -0.15) is 0 Å². The van der Waals surface area contributed by atoms with E-state index >= 15 is 0 Å². The Labute approximate surface area is 525 Å². The molecule has 3 heterocycles. The van der Waals surface area contributed by atoms with Crippen LogP contribution >= 0.6 is 0 Å². The molecular formula is C63H98O27. The molecule has 0 amide bonds. The Bertz CT molecular complexity index is 2490. The third-order valence-corrected chi connectivity index (χ3v) is 13.9. The SMILES string of the molecule is CC1OC(OCC2OC(Oc3c(-c4ccc(O)c(O)c4)oc4cc(O)cc(O)c4c3=O)C(O)C(O)C2O)C(O)C(O)C1O.CCCCCCCCCCCCOCCOCCOCCOCCOCCOCCOCCOCCOCCO.Oc1ccccc1. The van der Waals surface area contributed by atoms with Gasteiger partial charge in [-0.25, -0.2) is 0 Å². The van der Waals surface area contributed by atoms with Gasteiger partial charge in [0.05, 0.1) is 132 Å². The Morgan fingerprint density at radius 2 is 0.911 bits per heavy atom. The van der Waals surface area contributed by atoms with E-state index in [1.165, 1.54) is 70.8 Å². The Kier molecular flexibility index (Phi) is 39.6. The van der Waals surface area contributed by atoms with E-state index in [4.69, 9.17) is 76.2 Å². The van der Waals surface area contributed by atoms with Gasteiger partial charge in [-0.15, -0.1) is 0 Å². The zero-order chi connectivity index (χ0) is 65.3. The highest BCUT2D eigenvalue weighted by Gasteiger charge is 2.48. The van der Waals surface area contributed by atoms with Crippen LogP contribution in [-0.2, 0) is 56.8 Å². The van der Waals surface area contributed by atoms with Crippen LogP contribution in [0.2, 0.25) is 0 Å². The van der Waals surface area contributed by atoms with Crippen molar-refractivity contribution in [3.05, 3.63) is 70.9 Å². The molecular weight excluding hydrogens is 1190 g/mol. The van der Waals surface area contributed by atoms with Gasteiger partial charge in [0, 0.05) is 24.3 Å². The van der Waals surface area contributed by atoms with Crippen molar-refractivity contribution < 1.29 is 127 Å². The molecule has 0 spiro atoms. The fourth-order valence-corrected chi connectivity index (χ4v) is 8.88. The first-order valence-electron chi connectivity index (χ1n) is 30.9. The lowest BCUT2D eigenvalue weighted by Crippen LogP contribution is -2.61. The predicted octanol–water partition coefficient (Wildman–Crippen LogP) is 3.75. The van der Waals surface area contributed by atoms with Crippen molar-refractivity contribution in [3.8, 4) is 45.8 Å². The molecule has 0 saturated carbocycles. The number of phenols is 5. The summed E-state index contributed by atoms with van der Waals surface area (Å²) in [4.78, 5) is 13.6. The lowest BCUT2D eigenvalue weighted by Gasteiger charge is -2.42. The number of para-hydroxylation sites is 1. The molecule has 27 heteroatoms. The molecule has 0 radical (unpaired) electrons. The summed E-state index contributed by atoms with van der Waals surface area (Å²) in [6.07, 6.45) is -2.72. The van der Waals surface area contributed by atoms with Crippen LogP contribution in [-0.4, -0.2) is 255 Å². The molecule has 90 heavy (non-hydrogen) atoms. The maximum absolute atomic E-state index is 13.6. The number of rotatable bonds is 43. The summed E-state index contributed by atoms with van der Waals surface area (Å²) >= 11 is 0. The largest absolute Gasteiger partial charge is 0.508 e.